The topological polar surface area (TPSA) is 52.7 Å². The van der Waals surface area contributed by atoms with Crippen LogP contribution in [0.1, 0.15) is 12.6 Å². The molecule has 0 N–H and O–H groups in total. The fourth-order valence-electron chi connectivity index (χ4n) is 3.00. The molecule has 0 unspecified atom stereocenters. The Morgan fingerprint density at radius 1 is 1.08 bits per heavy atom. The second kappa shape index (κ2) is 6.25. The van der Waals surface area contributed by atoms with Crippen molar-refractivity contribution in [1.29, 1.82) is 0 Å². The molecular weight excluding hydrogens is 312 g/mol. The Morgan fingerprint density at radius 2 is 1.96 bits per heavy atom. The van der Waals surface area contributed by atoms with Crippen LogP contribution in [-0.2, 0) is 13.1 Å². The minimum Gasteiger partial charge on any atom is -0.330 e. The SMILES string of the molecule is CC#CCn1ccc2ncn(Cc3nccc4ccccc34)c(=O)c21. The number of aromatic nitrogens is 4. The van der Waals surface area contributed by atoms with E-state index in [-0.39, 0.29) is 5.56 Å². The molecule has 4 aromatic rings. The van der Waals surface area contributed by atoms with Gasteiger partial charge in [0.15, 0.2) is 0 Å². The predicted molar refractivity (Wildman–Crippen MR) is 98.3 cm³/mol. The van der Waals surface area contributed by atoms with Crippen molar-refractivity contribution in [3.8, 4) is 11.8 Å². The predicted octanol–water partition coefficient (Wildman–Crippen LogP) is 2.82. The Labute approximate surface area is 144 Å². The van der Waals surface area contributed by atoms with Gasteiger partial charge in [0.25, 0.3) is 5.56 Å². The van der Waals surface area contributed by atoms with Crippen molar-refractivity contribution in [2.24, 2.45) is 0 Å². The average Bonchev–Trinajstić information content (AvgIpc) is 3.06. The van der Waals surface area contributed by atoms with Crippen molar-refractivity contribution < 1.29 is 0 Å². The molecule has 4 rings (SSSR count). The molecule has 122 valence electrons. The fourth-order valence-corrected chi connectivity index (χ4v) is 3.00. The minimum absolute atomic E-state index is 0.0809. The van der Waals surface area contributed by atoms with E-state index < -0.39 is 0 Å². The molecule has 0 atom stereocenters. The molecule has 0 saturated heterocycles. The van der Waals surface area contributed by atoms with Gasteiger partial charge in [0.1, 0.15) is 5.52 Å². The van der Waals surface area contributed by atoms with Gasteiger partial charge in [0.2, 0.25) is 0 Å². The normalized spacial score (nSPS) is 10.8. The van der Waals surface area contributed by atoms with Crippen LogP contribution in [0.2, 0.25) is 0 Å². The summed E-state index contributed by atoms with van der Waals surface area (Å²) in [6.07, 6.45) is 5.21. The second-order valence-electron chi connectivity index (χ2n) is 5.76. The third-order valence-corrected chi connectivity index (χ3v) is 4.24. The maximum Gasteiger partial charge on any atom is 0.278 e. The van der Waals surface area contributed by atoms with E-state index in [1.54, 1.807) is 24.0 Å². The number of benzene rings is 1. The van der Waals surface area contributed by atoms with Crippen LogP contribution in [0.3, 0.4) is 0 Å². The summed E-state index contributed by atoms with van der Waals surface area (Å²) >= 11 is 0. The van der Waals surface area contributed by atoms with Gasteiger partial charge in [-0.15, -0.1) is 5.92 Å². The molecule has 3 aromatic heterocycles. The molecule has 0 saturated carbocycles. The quantitative estimate of drug-likeness (QED) is 0.543. The van der Waals surface area contributed by atoms with E-state index in [4.69, 9.17) is 0 Å². The summed E-state index contributed by atoms with van der Waals surface area (Å²) in [4.78, 5) is 21.8. The van der Waals surface area contributed by atoms with Crippen molar-refractivity contribution in [1.82, 2.24) is 19.1 Å². The lowest BCUT2D eigenvalue weighted by Crippen LogP contribution is -2.23. The summed E-state index contributed by atoms with van der Waals surface area (Å²) in [5.74, 6) is 5.84. The van der Waals surface area contributed by atoms with Crippen molar-refractivity contribution in [2.45, 2.75) is 20.0 Å². The zero-order valence-corrected chi connectivity index (χ0v) is 13.8. The molecule has 0 aliphatic carbocycles. The number of pyridine rings is 1. The fraction of sp³-hybridized carbons (Fsp3) is 0.150. The first-order valence-corrected chi connectivity index (χ1v) is 8.04. The van der Waals surface area contributed by atoms with E-state index in [9.17, 15) is 4.79 Å². The van der Waals surface area contributed by atoms with Crippen molar-refractivity contribution in [2.75, 3.05) is 0 Å². The molecule has 0 bridgehead atoms. The number of nitrogens with zero attached hydrogens (tertiary/aromatic N) is 4. The summed E-state index contributed by atoms with van der Waals surface area (Å²) in [6, 6.07) is 11.8. The van der Waals surface area contributed by atoms with Crippen LogP contribution in [0.15, 0.2) is 59.9 Å². The third kappa shape index (κ3) is 2.68. The lowest BCUT2D eigenvalue weighted by atomic mass is 10.1. The molecule has 0 aliphatic rings. The molecule has 0 spiro atoms. The molecule has 0 aliphatic heterocycles. The Morgan fingerprint density at radius 3 is 2.84 bits per heavy atom. The van der Waals surface area contributed by atoms with Crippen LogP contribution in [0.5, 0.6) is 0 Å². The maximum atomic E-state index is 12.9. The maximum absolute atomic E-state index is 12.9. The van der Waals surface area contributed by atoms with Gasteiger partial charge in [-0.05, 0) is 24.4 Å². The largest absolute Gasteiger partial charge is 0.330 e. The summed E-state index contributed by atoms with van der Waals surface area (Å²) in [5.41, 5.74) is 2.03. The van der Waals surface area contributed by atoms with E-state index >= 15 is 0 Å². The summed E-state index contributed by atoms with van der Waals surface area (Å²) in [5, 5.41) is 2.15. The lowest BCUT2D eigenvalue weighted by molar-refractivity contribution is 0.726. The van der Waals surface area contributed by atoms with Gasteiger partial charge in [-0.2, -0.15) is 0 Å². The third-order valence-electron chi connectivity index (χ3n) is 4.24. The van der Waals surface area contributed by atoms with Gasteiger partial charge >= 0.3 is 0 Å². The van der Waals surface area contributed by atoms with Crippen LogP contribution in [0, 0.1) is 11.8 Å². The van der Waals surface area contributed by atoms with E-state index in [1.807, 2.05) is 47.2 Å². The van der Waals surface area contributed by atoms with Crippen LogP contribution in [0.4, 0.5) is 0 Å². The molecule has 3 heterocycles. The van der Waals surface area contributed by atoms with E-state index in [1.165, 1.54) is 0 Å². The summed E-state index contributed by atoms with van der Waals surface area (Å²) < 4.78 is 3.45. The van der Waals surface area contributed by atoms with Crippen LogP contribution in [-0.4, -0.2) is 19.1 Å². The van der Waals surface area contributed by atoms with Gasteiger partial charge in [0, 0.05) is 17.8 Å². The molecular formula is C20H16N4O. The zero-order valence-electron chi connectivity index (χ0n) is 13.8. The highest BCUT2D eigenvalue weighted by Crippen LogP contribution is 2.17. The van der Waals surface area contributed by atoms with Crippen LogP contribution in [0.25, 0.3) is 21.8 Å². The Balaban J connectivity index is 1.82. The highest BCUT2D eigenvalue weighted by atomic mass is 16.1. The minimum atomic E-state index is -0.0809. The van der Waals surface area contributed by atoms with Gasteiger partial charge in [-0.1, -0.05) is 30.2 Å². The Hall–Kier alpha value is -3.39. The number of hydrogen-bond donors (Lipinski definition) is 0. The first-order valence-electron chi connectivity index (χ1n) is 8.04. The summed E-state index contributed by atoms with van der Waals surface area (Å²) in [7, 11) is 0. The van der Waals surface area contributed by atoms with Crippen molar-refractivity contribution in [3.63, 3.8) is 0 Å². The Bertz CT molecular complexity index is 1190. The zero-order chi connectivity index (χ0) is 17.2. The molecule has 0 radical (unpaired) electrons. The highest BCUT2D eigenvalue weighted by Gasteiger charge is 2.11. The first kappa shape index (κ1) is 15.2. The molecule has 0 fully saturated rings. The van der Waals surface area contributed by atoms with E-state index in [0.717, 1.165) is 16.5 Å². The molecule has 5 nitrogen and oxygen atoms in total. The van der Waals surface area contributed by atoms with Gasteiger partial charge in [-0.25, -0.2) is 4.98 Å². The molecule has 5 heteroatoms. The highest BCUT2D eigenvalue weighted by molar-refractivity contribution is 5.84. The number of rotatable bonds is 3. The van der Waals surface area contributed by atoms with Crippen LogP contribution < -0.4 is 5.56 Å². The van der Waals surface area contributed by atoms with Gasteiger partial charge in [0.05, 0.1) is 30.6 Å². The first-order chi connectivity index (χ1) is 12.3. The molecule has 0 amide bonds. The monoisotopic (exact) mass is 328 g/mol. The van der Waals surface area contributed by atoms with Crippen LogP contribution >= 0.6 is 0 Å². The molecule has 25 heavy (non-hydrogen) atoms. The standard InChI is InChI=1S/C20H16N4O/c1-2-3-11-23-12-9-17-19(23)20(25)24(14-22-17)13-18-16-7-5-4-6-15(16)8-10-21-18/h4-10,12,14H,11,13H2,1H3. The lowest BCUT2D eigenvalue weighted by Gasteiger charge is -2.09. The smallest absolute Gasteiger partial charge is 0.278 e. The summed E-state index contributed by atoms with van der Waals surface area (Å²) in [6.45, 7) is 2.65. The average molecular weight is 328 g/mol. The second-order valence-corrected chi connectivity index (χ2v) is 5.76. The van der Waals surface area contributed by atoms with E-state index in [0.29, 0.717) is 24.1 Å². The van der Waals surface area contributed by atoms with Crippen molar-refractivity contribution >= 4 is 21.8 Å². The number of hydrogen-bond acceptors (Lipinski definition) is 3. The van der Waals surface area contributed by atoms with Crippen molar-refractivity contribution in [3.05, 3.63) is 71.2 Å². The van der Waals surface area contributed by atoms with E-state index in [2.05, 4.69) is 21.8 Å². The number of fused-ring (bicyclic) bond motifs is 2. The van der Waals surface area contributed by atoms with Gasteiger partial charge < -0.3 is 4.57 Å². The Kier molecular flexibility index (Phi) is 3.79. The molecule has 1 aromatic carbocycles. The van der Waals surface area contributed by atoms with Gasteiger partial charge in [-0.3, -0.25) is 14.3 Å².